The van der Waals surface area contributed by atoms with Crippen LogP contribution in [0, 0.1) is 12.7 Å². The van der Waals surface area contributed by atoms with Crippen molar-refractivity contribution in [2.75, 3.05) is 0 Å². The average molecular weight is 320 g/mol. The topological polar surface area (TPSA) is 50.2 Å². The van der Waals surface area contributed by atoms with Crippen molar-refractivity contribution in [3.63, 3.8) is 0 Å². The summed E-state index contributed by atoms with van der Waals surface area (Å²) in [4.78, 5) is 17.0. The van der Waals surface area contributed by atoms with Gasteiger partial charge < -0.3 is 0 Å². The van der Waals surface area contributed by atoms with Crippen molar-refractivity contribution >= 4 is 17.2 Å². The maximum atomic E-state index is 14.0. The molecule has 0 aliphatic carbocycles. The summed E-state index contributed by atoms with van der Waals surface area (Å²) in [7, 11) is 0. The molecule has 2 aromatic heterocycles. The fourth-order valence-corrected chi connectivity index (χ4v) is 2.82. The molecule has 1 aromatic carbocycles. The number of aromatic amines is 1. The molecule has 4 nitrogen and oxygen atoms in total. The smallest absolute Gasteiger partial charge is 0.276 e. The lowest BCUT2D eigenvalue weighted by Crippen LogP contribution is -2.22. The first-order chi connectivity index (χ1) is 10.4. The van der Waals surface area contributed by atoms with Gasteiger partial charge in [0, 0.05) is 27.9 Å². The lowest BCUT2D eigenvalue weighted by molar-refractivity contribution is 0.630. The minimum atomic E-state index is -0.451. The summed E-state index contributed by atoms with van der Waals surface area (Å²) in [5.41, 5.74) is 2.50. The largest absolute Gasteiger partial charge is 0.289 e. The van der Waals surface area contributed by atoms with Gasteiger partial charge in [-0.2, -0.15) is 0 Å². The summed E-state index contributed by atoms with van der Waals surface area (Å²) in [5, 5.41) is 3.25. The molecule has 3 aromatic rings. The maximum absolute atomic E-state index is 14.0. The molecule has 114 valence electrons. The number of nitrogens with one attached hydrogen (secondary N) is 1. The third kappa shape index (κ3) is 2.31. The quantitative estimate of drug-likeness (QED) is 0.778. The number of hydrogen-bond donors (Lipinski definition) is 1. The lowest BCUT2D eigenvalue weighted by atomic mass is 10.0. The molecule has 0 bridgehead atoms. The molecule has 0 unspecified atom stereocenters. The Hall–Kier alpha value is -2.14. The van der Waals surface area contributed by atoms with Crippen molar-refractivity contribution in [1.82, 2.24) is 14.6 Å². The highest BCUT2D eigenvalue weighted by molar-refractivity contribution is 6.30. The van der Waals surface area contributed by atoms with Gasteiger partial charge in [0.15, 0.2) is 5.65 Å². The van der Waals surface area contributed by atoms with E-state index in [2.05, 4.69) is 10.1 Å². The first-order valence-electron chi connectivity index (χ1n) is 6.96. The van der Waals surface area contributed by atoms with Crippen LogP contribution in [0.15, 0.2) is 29.1 Å². The fraction of sp³-hybridized carbons (Fsp3) is 0.250. The van der Waals surface area contributed by atoms with Crippen molar-refractivity contribution in [1.29, 1.82) is 0 Å². The summed E-state index contributed by atoms with van der Waals surface area (Å²) >= 11 is 5.77. The molecule has 3 rings (SSSR count). The van der Waals surface area contributed by atoms with Crippen molar-refractivity contribution in [3.8, 4) is 11.3 Å². The Kier molecular flexibility index (Phi) is 3.53. The average Bonchev–Trinajstić information content (AvgIpc) is 2.81. The molecule has 2 heterocycles. The first-order valence-corrected chi connectivity index (χ1v) is 7.34. The summed E-state index contributed by atoms with van der Waals surface area (Å²) in [6.07, 6.45) is 0. The van der Waals surface area contributed by atoms with E-state index < -0.39 is 5.82 Å². The van der Waals surface area contributed by atoms with Crippen LogP contribution in [0.5, 0.6) is 0 Å². The second-order valence-electron chi connectivity index (χ2n) is 5.56. The molecule has 0 amide bonds. The van der Waals surface area contributed by atoms with Gasteiger partial charge in [-0.05, 0) is 31.0 Å². The van der Waals surface area contributed by atoms with Gasteiger partial charge in [-0.1, -0.05) is 25.4 Å². The zero-order valence-corrected chi connectivity index (χ0v) is 13.2. The first kappa shape index (κ1) is 14.8. The molecule has 0 atom stereocenters. The second-order valence-corrected chi connectivity index (χ2v) is 5.99. The highest BCUT2D eigenvalue weighted by atomic mass is 35.5. The molecular formula is C16H15ClFN3O. The highest BCUT2D eigenvalue weighted by Crippen LogP contribution is 2.25. The SMILES string of the molecule is Cc1nc2cc(-c3ccc(Cl)cc3F)[nH]n2c(=O)c1C(C)C. The van der Waals surface area contributed by atoms with E-state index >= 15 is 0 Å². The number of H-pyrrole nitrogens is 1. The van der Waals surface area contributed by atoms with Gasteiger partial charge in [0.1, 0.15) is 5.82 Å². The molecule has 1 N–H and O–H groups in total. The number of aryl methyl sites for hydroxylation is 1. The van der Waals surface area contributed by atoms with Crippen LogP contribution in [-0.2, 0) is 0 Å². The minimum Gasteiger partial charge on any atom is -0.289 e. The summed E-state index contributed by atoms with van der Waals surface area (Å²) in [6, 6.07) is 6.07. The molecule has 0 aliphatic rings. The van der Waals surface area contributed by atoms with E-state index in [9.17, 15) is 9.18 Å². The van der Waals surface area contributed by atoms with Crippen LogP contribution in [0.2, 0.25) is 5.02 Å². The standard InChI is InChI=1S/C16H15ClFN3O/c1-8(2)15-9(3)19-14-7-13(20-21(14)16(15)22)11-5-4-10(17)6-12(11)18/h4-8,20H,1-3H3. The van der Waals surface area contributed by atoms with Crippen LogP contribution in [0.1, 0.15) is 31.0 Å². The number of benzene rings is 1. The van der Waals surface area contributed by atoms with Crippen molar-refractivity contribution < 1.29 is 4.39 Å². The fourth-order valence-electron chi connectivity index (χ4n) is 2.66. The van der Waals surface area contributed by atoms with E-state index in [0.29, 0.717) is 33.2 Å². The second kappa shape index (κ2) is 5.25. The highest BCUT2D eigenvalue weighted by Gasteiger charge is 2.16. The number of hydrogen-bond acceptors (Lipinski definition) is 2. The number of aromatic nitrogens is 3. The van der Waals surface area contributed by atoms with Gasteiger partial charge in [0.05, 0.1) is 5.69 Å². The molecule has 0 saturated carbocycles. The third-order valence-corrected chi connectivity index (χ3v) is 3.87. The molecule has 0 aliphatic heterocycles. The van der Waals surface area contributed by atoms with Crippen molar-refractivity contribution in [3.05, 3.63) is 56.7 Å². The van der Waals surface area contributed by atoms with Gasteiger partial charge in [0.2, 0.25) is 0 Å². The summed E-state index contributed by atoms with van der Waals surface area (Å²) < 4.78 is 15.4. The van der Waals surface area contributed by atoms with E-state index in [1.54, 1.807) is 18.2 Å². The Labute approximate surface area is 131 Å². The molecule has 0 spiro atoms. The molecule has 0 fully saturated rings. The number of rotatable bonds is 2. The van der Waals surface area contributed by atoms with E-state index in [4.69, 9.17) is 11.6 Å². The van der Waals surface area contributed by atoms with Crippen LogP contribution < -0.4 is 5.56 Å². The Balaban J connectivity index is 2.26. The number of halogens is 2. The summed E-state index contributed by atoms with van der Waals surface area (Å²) in [6.45, 7) is 5.70. The van der Waals surface area contributed by atoms with Gasteiger partial charge in [0.25, 0.3) is 5.56 Å². The predicted molar refractivity (Wildman–Crippen MR) is 85.0 cm³/mol. The Morgan fingerprint density at radius 3 is 2.68 bits per heavy atom. The lowest BCUT2D eigenvalue weighted by Gasteiger charge is -2.07. The monoisotopic (exact) mass is 319 g/mol. The van der Waals surface area contributed by atoms with E-state index in [1.165, 1.54) is 10.6 Å². The van der Waals surface area contributed by atoms with E-state index in [-0.39, 0.29) is 11.5 Å². The van der Waals surface area contributed by atoms with Gasteiger partial charge >= 0.3 is 0 Å². The van der Waals surface area contributed by atoms with Crippen LogP contribution in [0.25, 0.3) is 16.9 Å². The molecule has 22 heavy (non-hydrogen) atoms. The molecular weight excluding hydrogens is 305 g/mol. The van der Waals surface area contributed by atoms with Gasteiger partial charge in [-0.15, -0.1) is 0 Å². The van der Waals surface area contributed by atoms with Crippen LogP contribution in [-0.4, -0.2) is 14.6 Å². The van der Waals surface area contributed by atoms with Crippen LogP contribution in [0.3, 0.4) is 0 Å². The zero-order valence-electron chi connectivity index (χ0n) is 12.4. The predicted octanol–water partition coefficient (Wildman–Crippen LogP) is 3.91. The van der Waals surface area contributed by atoms with E-state index in [1.807, 2.05) is 20.8 Å². The Bertz CT molecular complexity index is 927. The van der Waals surface area contributed by atoms with Gasteiger partial charge in [-0.3, -0.25) is 9.89 Å². The van der Waals surface area contributed by atoms with Crippen LogP contribution in [0.4, 0.5) is 4.39 Å². The normalized spacial score (nSPS) is 11.5. The minimum absolute atomic E-state index is 0.0657. The zero-order chi connectivity index (χ0) is 16.0. The molecule has 6 heteroatoms. The molecule has 0 saturated heterocycles. The van der Waals surface area contributed by atoms with Crippen molar-refractivity contribution in [2.45, 2.75) is 26.7 Å². The number of fused-ring (bicyclic) bond motifs is 1. The third-order valence-electron chi connectivity index (χ3n) is 3.64. The van der Waals surface area contributed by atoms with Gasteiger partial charge in [-0.25, -0.2) is 13.9 Å². The summed E-state index contributed by atoms with van der Waals surface area (Å²) in [5.74, 6) is -0.385. The molecule has 0 radical (unpaired) electrons. The number of nitrogens with zero attached hydrogens (tertiary/aromatic N) is 2. The Morgan fingerprint density at radius 2 is 2.05 bits per heavy atom. The van der Waals surface area contributed by atoms with Crippen LogP contribution >= 0.6 is 11.6 Å². The maximum Gasteiger partial charge on any atom is 0.276 e. The van der Waals surface area contributed by atoms with Crippen molar-refractivity contribution in [2.24, 2.45) is 0 Å². The van der Waals surface area contributed by atoms with E-state index in [0.717, 1.165) is 0 Å². The Morgan fingerprint density at radius 1 is 1.32 bits per heavy atom.